The highest BCUT2D eigenvalue weighted by Crippen LogP contribution is 2.32. The molecule has 4 nitrogen and oxygen atoms in total. The highest BCUT2D eigenvalue weighted by molar-refractivity contribution is 5.69. The quantitative estimate of drug-likeness (QED) is 0.711. The van der Waals surface area contributed by atoms with E-state index in [0.717, 1.165) is 24.3 Å². The van der Waals surface area contributed by atoms with Gasteiger partial charge in [-0.3, -0.25) is 4.90 Å². The molecule has 0 aliphatic carbocycles. The molecule has 0 radical (unpaired) electrons. The average Bonchev–Trinajstić information content (AvgIpc) is 2.64. The Labute approximate surface area is 150 Å². The molecule has 0 saturated carbocycles. The van der Waals surface area contributed by atoms with Crippen LogP contribution in [-0.2, 0) is 16.1 Å². The standard InChI is InChI=1S/C21H29NO3/c1-3-16(4-2)10-18-11-19-14-24-15-20(12-18)22(19)21(23)25-13-17-8-6-5-7-9-17/h5-9,11,16,19-20H,3-4,10,12-15H2,1-2H3. The first-order chi connectivity index (χ1) is 12.2. The van der Waals surface area contributed by atoms with E-state index in [1.54, 1.807) is 0 Å². The first-order valence-corrected chi connectivity index (χ1v) is 9.47. The highest BCUT2D eigenvalue weighted by Gasteiger charge is 2.38. The molecule has 2 bridgehead atoms. The third-order valence-corrected chi connectivity index (χ3v) is 5.40. The van der Waals surface area contributed by atoms with Crippen molar-refractivity contribution in [1.82, 2.24) is 4.90 Å². The van der Waals surface area contributed by atoms with Gasteiger partial charge in [-0.1, -0.05) is 68.7 Å². The summed E-state index contributed by atoms with van der Waals surface area (Å²) in [7, 11) is 0. The van der Waals surface area contributed by atoms with Gasteiger partial charge in [-0.05, 0) is 24.3 Å². The third-order valence-electron chi connectivity index (χ3n) is 5.40. The summed E-state index contributed by atoms with van der Waals surface area (Å²) in [6, 6.07) is 9.95. The molecule has 136 valence electrons. The van der Waals surface area contributed by atoms with E-state index >= 15 is 0 Å². The normalized spacial score (nSPS) is 22.7. The first-order valence-electron chi connectivity index (χ1n) is 9.47. The molecule has 0 spiro atoms. The zero-order chi connectivity index (χ0) is 17.6. The maximum atomic E-state index is 12.6. The van der Waals surface area contributed by atoms with Crippen LogP contribution < -0.4 is 0 Å². The summed E-state index contributed by atoms with van der Waals surface area (Å²) in [6.45, 7) is 6.02. The van der Waals surface area contributed by atoms with Crippen molar-refractivity contribution in [2.24, 2.45) is 5.92 Å². The van der Waals surface area contributed by atoms with Gasteiger partial charge in [0.05, 0.1) is 25.3 Å². The van der Waals surface area contributed by atoms with Gasteiger partial charge in [0, 0.05) is 0 Å². The summed E-state index contributed by atoms with van der Waals surface area (Å²) in [5.41, 5.74) is 2.50. The largest absolute Gasteiger partial charge is 0.445 e. The van der Waals surface area contributed by atoms with Crippen molar-refractivity contribution in [3.63, 3.8) is 0 Å². The molecule has 25 heavy (non-hydrogen) atoms. The van der Waals surface area contributed by atoms with E-state index in [9.17, 15) is 4.79 Å². The summed E-state index contributed by atoms with van der Waals surface area (Å²) in [5, 5.41) is 0. The van der Waals surface area contributed by atoms with E-state index in [1.165, 1.54) is 18.4 Å². The molecule has 1 fully saturated rings. The molecule has 2 atom stereocenters. The number of hydrogen-bond donors (Lipinski definition) is 0. The van der Waals surface area contributed by atoms with Gasteiger partial charge in [-0.2, -0.15) is 0 Å². The molecule has 2 heterocycles. The smallest absolute Gasteiger partial charge is 0.411 e. The molecular weight excluding hydrogens is 314 g/mol. The molecule has 2 aliphatic heterocycles. The number of benzene rings is 1. The second kappa shape index (κ2) is 8.52. The predicted molar refractivity (Wildman–Crippen MR) is 98.3 cm³/mol. The Morgan fingerprint density at radius 1 is 1.24 bits per heavy atom. The number of hydrogen-bond acceptors (Lipinski definition) is 3. The topological polar surface area (TPSA) is 38.8 Å². The molecule has 4 heteroatoms. The highest BCUT2D eigenvalue weighted by atomic mass is 16.6. The number of carbonyl (C=O) groups is 1. The van der Waals surface area contributed by atoms with E-state index in [2.05, 4.69) is 19.9 Å². The van der Waals surface area contributed by atoms with Crippen molar-refractivity contribution in [3.05, 3.63) is 47.5 Å². The minimum absolute atomic E-state index is 0.0140. The Morgan fingerprint density at radius 2 is 2.00 bits per heavy atom. The zero-order valence-corrected chi connectivity index (χ0v) is 15.3. The lowest BCUT2D eigenvalue weighted by molar-refractivity contribution is -0.0377. The number of ether oxygens (including phenoxy) is 2. The van der Waals surface area contributed by atoms with Gasteiger partial charge in [0.1, 0.15) is 6.61 Å². The molecule has 1 aromatic carbocycles. The number of morpholine rings is 1. The second-order valence-corrected chi connectivity index (χ2v) is 7.12. The fourth-order valence-electron chi connectivity index (χ4n) is 3.86. The molecule has 2 unspecified atom stereocenters. The molecule has 2 aliphatic rings. The minimum atomic E-state index is -0.222. The van der Waals surface area contributed by atoms with Crippen LogP contribution in [0.2, 0.25) is 0 Å². The second-order valence-electron chi connectivity index (χ2n) is 7.12. The lowest BCUT2D eigenvalue weighted by atomic mass is 9.86. The fraction of sp³-hybridized carbons (Fsp3) is 0.571. The van der Waals surface area contributed by atoms with Crippen molar-refractivity contribution in [1.29, 1.82) is 0 Å². The summed E-state index contributed by atoms with van der Waals surface area (Å²) in [4.78, 5) is 14.5. The number of carbonyl (C=O) groups excluding carboxylic acids is 1. The van der Waals surface area contributed by atoms with Crippen LogP contribution >= 0.6 is 0 Å². The predicted octanol–water partition coefficient (Wildman–Crippen LogP) is 4.55. The van der Waals surface area contributed by atoms with Crippen LogP contribution in [0.5, 0.6) is 0 Å². The fourth-order valence-corrected chi connectivity index (χ4v) is 3.86. The van der Waals surface area contributed by atoms with Crippen molar-refractivity contribution in [3.8, 4) is 0 Å². The van der Waals surface area contributed by atoms with Crippen molar-refractivity contribution < 1.29 is 14.3 Å². The Kier molecular flexibility index (Phi) is 6.14. The van der Waals surface area contributed by atoms with Crippen LogP contribution in [0.15, 0.2) is 42.0 Å². The van der Waals surface area contributed by atoms with Crippen molar-refractivity contribution in [2.45, 2.75) is 58.2 Å². The van der Waals surface area contributed by atoms with Crippen LogP contribution in [0.25, 0.3) is 0 Å². The van der Waals surface area contributed by atoms with Crippen molar-refractivity contribution >= 4 is 6.09 Å². The molecule has 1 saturated heterocycles. The van der Waals surface area contributed by atoms with Gasteiger partial charge in [0.2, 0.25) is 0 Å². The average molecular weight is 343 g/mol. The van der Waals surface area contributed by atoms with E-state index in [1.807, 2.05) is 35.2 Å². The summed E-state index contributed by atoms with van der Waals surface area (Å²) >= 11 is 0. The van der Waals surface area contributed by atoms with Gasteiger partial charge >= 0.3 is 6.09 Å². The van der Waals surface area contributed by atoms with Gasteiger partial charge in [-0.15, -0.1) is 0 Å². The maximum Gasteiger partial charge on any atom is 0.411 e. The number of rotatable bonds is 6. The Balaban J connectivity index is 1.64. The summed E-state index contributed by atoms with van der Waals surface area (Å²) in [5.74, 6) is 0.740. The minimum Gasteiger partial charge on any atom is -0.445 e. The van der Waals surface area contributed by atoms with Gasteiger partial charge < -0.3 is 9.47 Å². The van der Waals surface area contributed by atoms with E-state index in [0.29, 0.717) is 19.8 Å². The van der Waals surface area contributed by atoms with Crippen molar-refractivity contribution in [2.75, 3.05) is 13.2 Å². The number of amides is 1. The SMILES string of the molecule is CCC(CC)CC1=CC2COCC(C1)N2C(=O)OCc1ccccc1. The Morgan fingerprint density at radius 3 is 2.68 bits per heavy atom. The zero-order valence-electron chi connectivity index (χ0n) is 15.3. The van der Waals surface area contributed by atoms with Crippen LogP contribution in [0.1, 0.15) is 45.1 Å². The molecular formula is C21H29NO3. The Bertz CT molecular complexity index is 594. The maximum absolute atomic E-state index is 12.6. The first kappa shape index (κ1) is 18.0. The van der Waals surface area contributed by atoms with Gasteiger partial charge in [-0.25, -0.2) is 4.79 Å². The van der Waals surface area contributed by atoms with Crippen LogP contribution in [-0.4, -0.2) is 36.3 Å². The Hall–Kier alpha value is -1.81. The summed E-state index contributed by atoms with van der Waals surface area (Å²) < 4.78 is 11.3. The van der Waals surface area contributed by atoms with E-state index < -0.39 is 0 Å². The lowest BCUT2D eigenvalue weighted by Gasteiger charge is -2.44. The molecule has 3 rings (SSSR count). The third kappa shape index (κ3) is 4.43. The number of fused-ring (bicyclic) bond motifs is 2. The van der Waals surface area contributed by atoms with E-state index in [4.69, 9.17) is 9.47 Å². The van der Waals surface area contributed by atoms with Crippen LogP contribution in [0, 0.1) is 5.92 Å². The lowest BCUT2D eigenvalue weighted by Crippen LogP contribution is -2.56. The monoisotopic (exact) mass is 343 g/mol. The van der Waals surface area contributed by atoms with Crippen LogP contribution in [0.4, 0.5) is 4.79 Å². The number of nitrogens with zero attached hydrogens (tertiary/aromatic N) is 1. The van der Waals surface area contributed by atoms with Gasteiger partial charge in [0.25, 0.3) is 0 Å². The molecule has 1 amide bonds. The van der Waals surface area contributed by atoms with Crippen LogP contribution in [0.3, 0.4) is 0 Å². The molecule has 0 N–H and O–H groups in total. The molecule has 1 aromatic rings. The van der Waals surface area contributed by atoms with E-state index in [-0.39, 0.29) is 18.2 Å². The molecule has 0 aromatic heterocycles. The summed E-state index contributed by atoms with van der Waals surface area (Å²) in [6.07, 6.45) is 6.50. The van der Waals surface area contributed by atoms with Gasteiger partial charge in [0.15, 0.2) is 0 Å².